The maximum absolute atomic E-state index is 10.5. The molecule has 0 rings (SSSR count). The number of carbonyl (C=O) groups is 1. The number of hydrazone groups is 1. The summed E-state index contributed by atoms with van der Waals surface area (Å²) in [4.78, 5) is 10.5. The fourth-order valence-electron chi connectivity index (χ4n) is 0.546. The van der Waals surface area contributed by atoms with Gasteiger partial charge in [-0.2, -0.15) is 5.10 Å². The van der Waals surface area contributed by atoms with Gasteiger partial charge in [-0.15, -0.1) is 0 Å². The minimum atomic E-state index is -0.220. The van der Waals surface area contributed by atoms with Gasteiger partial charge in [0.25, 0.3) is 0 Å². The van der Waals surface area contributed by atoms with Gasteiger partial charge in [-0.3, -0.25) is 4.79 Å². The summed E-state index contributed by atoms with van der Waals surface area (Å²) in [6.45, 7) is 10.3. The topological polar surface area (TPSA) is 41.5 Å². The molecule has 3 nitrogen and oxygen atoms in total. The Morgan fingerprint density at radius 1 is 1.36 bits per heavy atom. The van der Waals surface area contributed by atoms with Crippen molar-refractivity contribution in [1.82, 2.24) is 5.43 Å². The van der Waals surface area contributed by atoms with Crippen molar-refractivity contribution in [1.29, 1.82) is 0 Å². The third-order valence-electron chi connectivity index (χ3n) is 1.31. The third kappa shape index (κ3) is 6.20. The van der Waals surface area contributed by atoms with E-state index >= 15 is 0 Å². The molecule has 4 heteroatoms. The van der Waals surface area contributed by atoms with Gasteiger partial charge in [0.05, 0.1) is 5.71 Å². The van der Waals surface area contributed by atoms with E-state index in [0.717, 1.165) is 0 Å². The molecule has 0 aromatic heterocycles. The van der Waals surface area contributed by atoms with Crippen molar-refractivity contribution in [3.05, 3.63) is 35.9 Å². The van der Waals surface area contributed by atoms with Gasteiger partial charge in [0.15, 0.2) is 0 Å². The fraction of sp³-hybridized carbons (Fsp3) is 0.200. The van der Waals surface area contributed by atoms with Crippen LogP contribution in [0.25, 0.3) is 0 Å². The number of nitrogens with zero attached hydrogens (tertiary/aromatic N) is 1. The average Bonchev–Trinajstić information content (AvgIpc) is 2.09. The van der Waals surface area contributed by atoms with Crippen molar-refractivity contribution in [2.45, 2.75) is 13.8 Å². The van der Waals surface area contributed by atoms with Crippen LogP contribution in [-0.2, 0) is 4.79 Å². The average molecular weight is 213 g/mol. The Labute approximate surface area is 88.8 Å². The lowest BCUT2D eigenvalue weighted by molar-refractivity contribution is -0.118. The molecule has 0 aliphatic rings. The van der Waals surface area contributed by atoms with E-state index in [0.29, 0.717) is 16.3 Å². The van der Waals surface area contributed by atoms with Crippen molar-refractivity contribution in [2.24, 2.45) is 5.10 Å². The molecule has 0 bridgehead atoms. The van der Waals surface area contributed by atoms with E-state index in [4.69, 9.17) is 11.6 Å². The molecule has 14 heavy (non-hydrogen) atoms. The van der Waals surface area contributed by atoms with Crippen LogP contribution in [0.15, 0.2) is 41.0 Å². The van der Waals surface area contributed by atoms with Gasteiger partial charge in [0, 0.05) is 12.0 Å². The number of nitrogens with one attached hydrogen (secondary N) is 1. The van der Waals surface area contributed by atoms with Crippen LogP contribution in [0.4, 0.5) is 0 Å². The van der Waals surface area contributed by atoms with Crippen LogP contribution in [0.5, 0.6) is 0 Å². The second kappa shape index (κ2) is 6.16. The first kappa shape index (κ1) is 12.7. The number of hydrogen-bond donors (Lipinski definition) is 1. The second-order valence-electron chi connectivity index (χ2n) is 2.67. The van der Waals surface area contributed by atoms with Crippen LogP contribution in [0.1, 0.15) is 13.8 Å². The largest absolute Gasteiger partial charge is 0.274 e. The molecule has 0 fully saturated rings. The Kier molecular flexibility index (Phi) is 5.56. The highest BCUT2D eigenvalue weighted by atomic mass is 35.5. The number of rotatable bonds is 4. The number of allylic oxidation sites excluding steroid dienone is 4. The standard InChI is InChI=1S/C10H13ClN2O/c1-7(5-6-8(2)11)9(3)12-13-10(4)14/h5-6H,1-2H2,3-4H3,(H,13,14)/b6-5-,12-9+. The number of carbonyl (C=O) groups excluding carboxylic acids is 1. The van der Waals surface area contributed by atoms with Gasteiger partial charge in [0.2, 0.25) is 5.91 Å². The van der Waals surface area contributed by atoms with Gasteiger partial charge in [0.1, 0.15) is 0 Å². The molecule has 0 unspecified atom stereocenters. The molecule has 76 valence electrons. The van der Waals surface area contributed by atoms with Gasteiger partial charge in [-0.05, 0) is 18.6 Å². The Morgan fingerprint density at radius 3 is 2.36 bits per heavy atom. The van der Waals surface area contributed by atoms with Gasteiger partial charge in [-0.25, -0.2) is 5.43 Å². The first-order valence-electron chi connectivity index (χ1n) is 3.96. The minimum Gasteiger partial charge on any atom is -0.274 e. The summed E-state index contributed by atoms with van der Waals surface area (Å²) in [5.74, 6) is -0.220. The Balaban J connectivity index is 4.32. The zero-order chi connectivity index (χ0) is 11.1. The molecule has 0 saturated heterocycles. The van der Waals surface area contributed by atoms with Crippen LogP contribution < -0.4 is 5.43 Å². The van der Waals surface area contributed by atoms with Crippen molar-refractivity contribution in [2.75, 3.05) is 0 Å². The van der Waals surface area contributed by atoms with Crippen LogP contribution >= 0.6 is 11.6 Å². The summed E-state index contributed by atoms with van der Waals surface area (Å²) in [5, 5.41) is 4.21. The van der Waals surface area contributed by atoms with E-state index in [9.17, 15) is 4.79 Å². The third-order valence-corrected chi connectivity index (χ3v) is 1.44. The highest BCUT2D eigenvalue weighted by Crippen LogP contribution is 2.03. The summed E-state index contributed by atoms with van der Waals surface area (Å²) in [6, 6.07) is 0. The van der Waals surface area contributed by atoms with Crippen molar-refractivity contribution in [3.63, 3.8) is 0 Å². The van der Waals surface area contributed by atoms with Crippen LogP contribution in [0.3, 0.4) is 0 Å². The number of hydrogen-bond acceptors (Lipinski definition) is 2. The molecule has 0 aliphatic heterocycles. The molecular weight excluding hydrogens is 200 g/mol. The minimum absolute atomic E-state index is 0.220. The number of halogens is 1. The van der Waals surface area contributed by atoms with Gasteiger partial charge < -0.3 is 0 Å². The Bertz CT molecular complexity index is 316. The summed E-state index contributed by atoms with van der Waals surface area (Å²) >= 11 is 5.52. The SMILES string of the molecule is C=C(Cl)/C=C\C(=C)/C(C)=N/NC(C)=O. The van der Waals surface area contributed by atoms with Crippen LogP contribution in [-0.4, -0.2) is 11.6 Å². The van der Waals surface area contributed by atoms with E-state index < -0.39 is 0 Å². The lowest BCUT2D eigenvalue weighted by Crippen LogP contribution is -2.14. The molecule has 0 heterocycles. The maximum atomic E-state index is 10.5. The number of amides is 1. The fourth-order valence-corrected chi connectivity index (χ4v) is 0.609. The second-order valence-corrected chi connectivity index (χ2v) is 3.16. The van der Waals surface area contributed by atoms with Gasteiger partial charge >= 0.3 is 0 Å². The molecular formula is C10H13ClN2O. The molecule has 1 amide bonds. The lowest BCUT2D eigenvalue weighted by atomic mass is 10.2. The Hall–Kier alpha value is -1.35. The van der Waals surface area contributed by atoms with Crippen LogP contribution in [0.2, 0.25) is 0 Å². The maximum Gasteiger partial charge on any atom is 0.236 e. The molecule has 0 aromatic rings. The molecule has 0 aliphatic carbocycles. The molecule has 1 N–H and O–H groups in total. The van der Waals surface area contributed by atoms with Gasteiger partial charge in [-0.1, -0.05) is 30.8 Å². The quantitative estimate of drug-likeness (QED) is 0.434. The molecule has 0 aromatic carbocycles. The van der Waals surface area contributed by atoms with E-state index in [-0.39, 0.29) is 5.91 Å². The van der Waals surface area contributed by atoms with E-state index in [1.807, 2.05) is 0 Å². The molecule has 0 radical (unpaired) electrons. The summed E-state index contributed by atoms with van der Waals surface area (Å²) in [7, 11) is 0. The molecule has 0 saturated carbocycles. The summed E-state index contributed by atoms with van der Waals surface area (Å²) in [6.07, 6.45) is 3.28. The lowest BCUT2D eigenvalue weighted by Gasteiger charge is -1.99. The van der Waals surface area contributed by atoms with E-state index in [1.165, 1.54) is 6.92 Å². The van der Waals surface area contributed by atoms with Crippen LogP contribution in [0, 0.1) is 0 Å². The molecule has 0 atom stereocenters. The van der Waals surface area contributed by atoms with Crippen molar-refractivity contribution in [3.8, 4) is 0 Å². The van der Waals surface area contributed by atoms with Crippen molar-refractivity contribution < 1.29 is 4.79 Å². The van der Waals surface area contributed by atoms with Crippen molar-refractivity contribution >= 4 is 23.2 Å². The first-order valence-corrected chi connectivity index (χ1v) is 4.34. The normalized spacial score (nSPS) is 11.5. The highest BCUT2D eigenvalue weighted by Gasteiger charge is 1.94. The first-order chi connectivity index (χ1) is 6.43. The molecule has 0 spiro atoms. The monoisotopic (exact) mass is 212 g/mol. The van der Waals surface area contributed by atoms with E-state index in [2.05, 4.69) is 23.7 Å². The summed E-state index contributed by atoms with van der Waals surface area (Å²) < 4.78 is 0. The zero-order valence-electron chi connectivity index (χ0n) is 8.30. The Morgan fingerprint density at radius 2 is 1.93 bits per heavy atom. The predicted molar refractivity (Wildman–Crippen MR) is 60.2 cm³/mol. The summed E-state index contributed by atoms with van der Waals surface area (Å²) in [5.41, 5.74) is 3.60. The predicted octanol–water partition coefficient (Wildman–Crippen LogP) is 2.36. The zero-order valence-corrected chi connectivity index (χ0v) is 9.06. The highest BCUT2D eigenvalue weighted by molar-refractivity contribution is 6.30. The van der Waals surface area contributed by atoms with E-state index in [1.54, 1.807) is 19.1 Å². The smallest absolute Gasteiger partial charge is 0.236 e.